The predicted molar refractivity (Wildman–Crippen MR) is 84.9 cm³/mol. The Bertz CT molecular complexity index is 436. The summed E-state index contributed by atoms with van der Waals surface area (Å²) in [6.07, 6.45) is 2.12. The number of halogens is 3. The highest BCUT2D eigenvalue weighted by molar-refractivity contribution is 5.85. The van der Waals surface area contributed by atoms with E-state index in [9.17, 15) is 8.78 Å². The minimum atomic E-state index is -0.506. The molecule has 5 heteroatoms. The Morgan fingerprint density at radius 2 is 1.90 bits per heavy atom. The third-order valence-electron chi connectivity index (χ3n) is 4.11. The van der Waals surface area contributed by atoms with Crippen LogP contribution in [-0.4, -0.2) is 31.1 Å². The average Bonchev–Trinajstić information content (AvgIpc) is 2.43. The SMILES string of the molecule is CCCC(C)[C@H](c1ccc(F)cc1F)N1CCNCC1.Cl. The van der Waals surface area contributed by atoms with Gasteiger partial charge in [0.25, 0.3) is 0 Å². The van der Waals surface area contributed by atoms with Gasteiger partial charge in [-0.2, -0.15) is 0 Å². The highest BCUT2D eigenvalue weighted by atomic mass is 35.5. The van der Waals surface area contributed by atoms with Crippen LogP contribution in [-0.2, 0) is 0 Å². The lowest BCUT2D eigenvalue weighted by atomic mass is 9.89. The summed E-state index contributed by atoms with van der Waals surface area (Å²) >= 11 is 0. The van der Waals surface area contributed by atoms with Crippen LogP contribution in [0.3, 0.4) is 0 Å². The first-order valence-electron chi connectivity index (χ1n) is 7.53. The lowest BCUT2D eigenvalue weighted by Gasteiger charge is -2.38. The van der Waals surface area contributed by atoms with Gasteiger partial charge in [-0.1, -0.05) is 26.3 Å². The van der Waals surface area contributed by atoms with E-state index in [-0.39, 0.29) is 18.4 Å². The summed E-state index contributed by atoms with van der Waals surface area (Å²) in [6.45, 7) is 7.99. The molecule has 1 aliphatic rings. The van der Waals surface area contributed by atoms with Crippen molar-refractivity contribution in [2.45, 2.75) is 32.7 Å². The van der Waals surface area contributed by atoms with Gasteiger partial charge in [0.2, 0.25) is 0 Å². The maximum atomic E-state index is 14.2. The highest BCUT2D eigenvalue weighted by Crippen LogP contribution is 2.33. The van der Waals surface area contributed by atoms with Crippen molar-refractivity contribution in [1.82, 2.24) is 10.2 Å². The van der Waals surface area contributed by atoms with Gasteiger partial charge in [0.05, 0.1) is 0 Å². The van der Waals surface area contributed by atoms with Crippen LogP contribution in [0.2, 0.25) is 0 Å². The number of hydrogen-bond acceptors (Lipinski definition) is 2. The largest absolute Gasteiger partial charge is 0.314 e. The van der Waals surface area contributed by atoms with Crippen LogP contribution >= 0.6 is 12.4 Å². The van der Waals surface area contributed by atoms with Crippen LogP contribution in [0.25, 0.3) is 0 Å². The summed E-state index contributed by atoms with van der Waals surface area (Å²) < 4.78 is 27.3. The molecule has 0 aliphatic carbocycles. The summed E-state index contributed by atoms with van der Waals surface area (Å²) in [7, 11) is 0. The molecule has 0 spiro atoms. The minimum absolute atomic E-state index is 0. The van der Waals surface area contributed by atoms with E-state index in [4.69, 9.17) is 0 Å². The normalized spacial score (nSPS) is 18.9. The van der Waals surface area contributed by atoms with Gasteiger partial charge in [-0.3, -0.25) is 4.90 Å². The molecule has 1 saturated heterocycles. The topological polar surface area (TPSA) is 15.3 Å². The van der Waals surface area contributed by atoms with Crippen molar-refractivity contribution in [3.63, 3.8) is 0 Å². The fourth-order valence-corrected chi connectivity index (χ4v) is 3.18. The molecule has 1 heterocycles. The Hall–Kier alpha value is -0.710. The van der Waals surface area contributed by atoms with Crippen LogP contribution in [0.4, 0.5) is 8.78 Å². The Morgan fingerprint density at radius 3 is 2.48 bits per heavy atom. The zero-order valence-electron chi connectivity index (χ0n) is 12.7. The van der Waals surface area contributed by atoms with Crippen LogP contribution in [0.15, 0.2) is 18.2 Å². The lowest BCUT2D eigenvalue weighted by molar-refractivity contribution is 0.123. The van der Waals surface area contributed by atoms with Crippen molar-refractivity contribution in [3.8, 4) is 0 Å². The molecule has 1 aromatic carbocycles. The number of hydrogen-bond donors (Lipinski definition) is 1. The molecule has 1 unspecified atom stereocenters. The van der Waals surface area contributed by atoms with E-state index in [1.165, 1.54) is 6.07 Å². The average molecular weight is 319 g/mol. The van der Waals surface area contributed by atoms with Crippen molar-refractivity contribution in [1.29, 1.82) is 0 Å². The third kappa shape index (κ3) is 4.63. The molecule has 2 atom stereocenters. The molecule has 0 aromatic heterocycles. The summed E-state index contributed by atoms with van der Waals surface area (Å²) in [4.78, 5) is 2.33. The zero-order valence-corrected chi connectivity index (χ0v) is 13.6. The monoisotopic (exact) mass is 318 g/mol. The second-order valence-corrected chi connectivity index (χ2v) is 5.66. The zero-order chi connectivity index (χ0) is 14.5. The van der Waals surface area contributed by atoms with Crippen LogP contribution in [0.1, 0.15) is 38.3 Å². The number of benzene rings is 1. The minimum Gasteiger partial charge on any atom is -0.314 e. The molecule has 0 radical (unpaired) electrons. The number of piperazine rings is 1. The number of nitrogens with one attached hydrogen (secondary N) is 1. The van der Waals surface area contributed by atoms with Gasteiger partial charge in [-0.15, -0.1) is 12.4 Å². The molecule has 1 fully saturated rings. The molecular weight excluding hydrogens is 294 g/mol. The maximum Gasteiger partial charge on any atom is 0.130 e. The van der Waals surface area contributed by atoms with E-state index in [1.54, 1.807) is 6.07 Å². The van der Waals surface area contributed by atoms with Gasteiger partial charge in [0.15, 0.2) is 0 Å². The highest BCUT2D eigenvalue weighted by Gasteiger charge is 2.29. The standard InChI is InChI=1S/C16H24F2N2.ClH/c1-3-4-12(2)16(20-9-7-19-8-10-20)14-6-5-13(17)11-15(14)18;/h5-6,11-12,16,19H,3-4,7-10H2,1-2H3;1H/t12?,16-;/m1./s1. The van der Waals surface area contributed by atoms with Crippen molar-refractivity contribution in [2.24, 2.45) is 5.92 Å². The Labute approximate surface area is 132 Å². The van der Waals surface area contributed by atoms with Crippen molar-refractivity contribution in [2.75, 3.05) is 26.2 Å². The van der Waals surface area contributed by atoms with E-state index in [2.05, 4.69) is 24.1 Å². The smallest absolute Gasteiger partial charge is 0.130 e. The van der Waals surface area contributed by atoms with Gasteiger partial charge in [0.1, 0.15) is 11.6 Å². The second kappa shape index (κ2) is 8.66. The number of nitrogens with zero attached hydrogens (tertiary/aromatic N) is 1. The maximum absolute atomic E-state index is 14.2. The molecule has 21 heavy (non-hydrogen) atoms. The van der Waals surface area contributed by atoms with Crippen LogP contribution in [0, 0.1) is 17.6 Å². The quantitative estimate of drug-likeness (QED) is 0.889. The first-order chi connectivity index (χ1) is 9.63. The Kier molecular flexibility index (Phi) is 7.57. The first kappa shape index (κ1) is 18.3. The molecule has 120 valence electrons. The van der Waals surface area contributed by atoms with Gasteiger partial charge < -0.3 is 5.32 Å². The number of rotatable bonds is 5. The summed E-state index contributed by atoms with van der Waals surface area (Å²) in [5.41, 5.74) is 0.634. The molecule has 1 N–H and O–H groups in total. The van der Waals surface area contributed by atoms with Crippen molar-refractivity contribution < 1.29 is 8.78 Å². The van der Waals surface area contributed by atoms with E-state index in [0.29, 0.717) is 11.5 Å². The van der Waals surface area contributed by atoms with E-state index < -0.39 is 11.6 Å². The van der Waals surface area contributed by atoms with Gasteiger partial charge in [-0.05, 0) is 18.4 Å². The molecule has 1 aliphatic heterocycles. The fraction of sp³-hybridized carbons (Fsp3) is 0.625. The van der Waals surface area contributed by atoms with E-state index in [0.717, 1.165) is 45.1 Å². The van der Waals surface area contributed by atoms with E-state index >= 15 is 0 Å². The second-order valence-electron chi connectivity index (χ2n) is 5.66. The van der Waals surface area contributed by atoms with Gasteiger partial charge >= 0.3 is 0 Å². The van der Waals surface area contributed by atoms with Crippen LogP contribution < -0.4 is 5.32 Å². The van der Waals surface area contributed by atoms with Gasteiger partial charge in [0, 0.05) is 43.9 Å². The fourth-order valence-electron chi connectivity index (χ4n) is 3.18. The first-order valence-corrected chi connectivity index (χ1v) is 7.53. The Morgan fingerprint density at radius 1 is 1.24 bits per heavy atom. The van der Waals surface area contributed by atoms with Crippen LogP contribution in [0.5, 0.6) is 0 Å². The lowest BCUT2D eigenvalue weighted by Crippen LogP contribution is -2.46. The van der Waals surface area contributed by atoms with Crippen molar-refractivity contribution >= 4 is 12.4 Å². The molecule has 0 bridgehead atoms. The molecule has 2 nitrogen and oxygen atoms in total. The van der Waals surface area contributed by atoms with Gasteiger partial charge in [-0.25, -0.2) is 8.78 Å². The third-order valence-corrected chi connectivity index (χ3v) is 4.11. The Balaban J connectivity index is 0.00000220. The summed E-state index contributed by atoms with van der Waals surface area (Å²) in [5.74, 6) is -0.567. The molecular formula is C16H25ClF2N2. The predicted octanol–water partition coefficient (Wildman–Crippen LogP) is 3.77. The molecule has 0 saturated carbocycles. The van der Waals surface area contributed by atoms with E-state index in [1.807, 2.05) is 0 Å². The molecule has 1 aromatic rings. The van der Waals surface area contributed by atoms with Crippen molar-refractivity contribution in [3.05, 3.63) is 35.4 Å². The summed E-state index contributed by atoms with van der Waals surface area (Å²) in [5, 5.41) is 3.32. The summed E-state index contributed by atoms with van der Waals surface area (Å²) in [6, 6.07) is 4.02. The molecule has 2 rings (SSSR count). The molecule has 0 amide bonds.